The van der Waals surface area contributed by atoms with E-state index in [0.717, 1.165) is 38.6 Å². The van der Waals surface area contributed by atoms with Gasteiger partial charge in [0, 0.05) is 32.8 Å². The summed E-state index contributed by atoms with van der Waals surface area (Å²) in [5.41, 5.74) is 0. The van der Waals surface area contributed by atoms with Gasteiger partial charge in [0.1, 0.15) is 0 Å². The maximum absolute atomic E-state index is 5.34. The highest BCUT2D eigenvalue weighted by Gasteiger charge is 2.22. The molecule has 0 spiro atoms. The Hall–Kier alpha value is -0.160. The average Bonchev–Trinajstić information content (AvgIpc) is 3.01. The van der Waals surface area contributed by atoms with E-state index >= 15 is 0 Å². The lowest BCUT2D eigenvalue weighted by atomic mass is 9.96. The molecule has 21 heavy (non-hydrogen) atoms. The van der Waals surface area contributed by atoms with Crippen LogP contribution in [0.2, 0.25) is 0 Å². The van der Waals surface area contributed by atoms with Crippen LogP contribution in [0.4, 0.5) is 0 Å². The quantitative estimate of drug-likeness (QED) is 0.623. The Morgan fingerprint density at radius 1 is 1.00 bits per heavy atom. The number of nitrogens with zero attached hydrogens (tertiary/aromatic N) is 2. The molecule has 0 aromatic heterocycles. The van der Waals surface area contributed by atoms with Crippen LogP contribution >= 0.6 is 0 Å². The molecule has 2 aliphatic heterocycles. The van der Waals surface area contributed by atoms with Gasteiger partial charge >= 0.3 is 0 Å². The Balaban J connectivity index is 1.43. The van der Waals surface area contributed by atoms with Crippen molar-refractivity contribution in [1.82, 2.24) is 15.1 Å². The zero-order chi connectivity index (χ0) is 14.8. The maximum Gasteiger partial charge on any atom is 0.0477 e. The number of rotatable bonds is 10. The van der Waals surface area contributed by atoms with E-state index < -0.39 is 0 Å². The van der Waals surface area contributed by atoms with Crippen LogP contribution in [0.25, 0.3) is 0 Å². The summed E-state index contributed by atoms with van der Waals surface area (Å²) in [5.74, 6) is 0.957. The predicted molar refractivity (Wildman–Crippen MR) is 88.8 cm³/mol. The fourth-order valence-electron chi connectivity index (χ4n) is 3.53. The summed E-state index contributed by atoms with van der Waals surface area (Å²) in [6.45, 7) is 13.9. The third kappa shape index (κ3) is 7.09. The molecule has 0 aliphatic carbocycles. The molecule has 0 saturated carbocycles. The molecule has 0 unspecified atom stereocenters. The molecule has 2 fully saturated rings. The minimum Gasteiger partial charge on any atom is -0.382 e. The number of hydrogen-bond acceptors (Lipinski definition) is 4. The first kappa shape index (κ1) is 17.2. The molecular formula is C17H35N3O. The van der Waals surface area contributed by atoms with E-state index in [1.807, 2.05) is 0 Å². The molecule has 2 saturated heterocycles. The molecule has 4 heteroatoms. The molecule has 2 rings (SSSR count). The standard InChI is InChI=1S/C17H35N3O/c1-2-21-15-5-8-18-9-14-19-12-6-17(7-13-19)16-20-10-3-4-11-20/h17-18H,2-16H2,1H3. The van der Waals surface area contributed by atoms with Crippen molar-refractivity contribution in [3.8, 4) is 0 Å². The van der Waals surface area contributed by atoms with Crippen LogP contribution in [0, 0.1) is 5.92 Å². The molecule has 2 heterocycles. The van der Waals surface area contributed by atoms with Gasteiger partial charge in [-0.05, 0) is 77.7 Å². The largest absolute Gasteiger partial charge is 0.382 e. The number of likely N-dealkylation sites (tertiary alicyclic amines) is 2. The van der Waals surface area contributed by atoms with Crippen molar-refractivity contribution in [2.24, 2.45) is 5.92 Å². The summed E-state index contributed by atoms with van der Waals surface area (Å²) in [5, 5.41) is 3.53. The molecule has 0 amide bonds. The van der Waals surface area contributed by atoms with Crippen molar-refractivity contribution in [2.45, 2.75) is 39.0 Å². The van der Waals surface area contributed by atoms with Gasteiger partial charge in [-0.25, -0.2) is 0 Å². The zero-order valence-electron chi connectivity index (χ0n) is 14.0. The Kier molecular flexibility index (Phi) is 8.64. The lowest BCUT2D eigenvalue weighted by molar-refractivity contribution is 0.142. The Labute approximate surface area is 131 Å². The van der Waals surface area contributed by atoms with Crippen LogP contribution in [0.1, 0.15) is 39.0 Å². The van der Waals surface area contributed by atoms with Gasteiger partial charge in [-0.3, -0.25) is 0 Å². The normalized spacial score (nSPS) is 22.1. The van der Waals surface area contributed by atoms with E-state index in [1.165, 1.54) is 65.0 Å². The van der Waals surface area contributed by atoms with Crippen LogP contribution in [0.15, 0.2) is 0 Å². The number of nitrogens with one attached hydrogen (secondary N) is 1. The van der Waals surface area contributed by atoms with E-state index in [4.69, 9.17) is 4.74 Å². The van der Waals surface area contributed by atoms with E-state index in [-0.39, 0.29) is 0 Å². The highest BCUT2D eigenvalue weighted by Crippen LogP contribution is 2.20. The summed E-state index contributed by atoms with van der Waals surface area (Å²) < 4.78 is 5.34. The lowest BCUT2D eigenvalue weighted by Crippen LogP contribution is -2.41. The third-order valence-electron chi connectivity index (χ3n) is 4.87. The van der Waals surface area contributed by atoms with Crippen LogP contribution < -0.4 is 5.32 Å². The summed E-state index contributed by atoms with van der Waals surface area (Å²) >= 11 is 0. The van der Waals surface area contributed by atoms with E-state index in [1.54, 1.807) is 0 Å². The number of piperidine rings is 1. The highest BCUT2D eigenvalue weighted by molar-refractivity contribution is 4.77. The molecule has 124 valence electrons. The molecule has 0 radical (unpaired) electrons. The van der Waals surface area contributed by atoms with Crippen molar-refractivity contribution >= 4 is 0 Å². The molecule has 0 aromatic rings. The average molecular weight is 297 g/mol. The molecule has 0 aromatic carbocycles. The van der Waals surface area contributed by atoms with Gasteiger partial charge in [0.05, 0.1) is 0 Å². The summed E-state index contributed by atoms with van der Waals surface area (Å²) in [6, 6.07) is 0. The van der Waals surface area contributed by atoms with E-state index in [2.05, 4.69) is 22.0 Å². The number of ether oxygens (including phenoxy) is 1. The van der Waals surface area contributed by atoms with Crippen molar-refractivity contribution in [2.75, 3.05) is 65.6 Å². The second-order valence-corrected chi connectivity index (χ2v) is 6.59. The van der Waals surface area contributed by atoms with Gasteiger partial charge in [0.25, 0.3) is 0 Å². The first-order valence-electron chi connectivity index (χ1n) is 9.11. The topological polar surface area (TPSA) is 27.7 Å². The molecule has 4 nitrogen and oxygen atoms in total. The van der Waals surface area contributed by atoms with E-state index in [9.17, 15) is 0 Å². The Morgan fingerprint density at radius 3 is 2.48 bits per heavy atom. The second kappa shape index (κ2) is 10.5. The van der Waals surface area contributed by atoms with Gasteiger partial charge in [-0.1, -0.05) is 0 Å². The molecular weight excluding hydrogens is 262 g/mol. The first-order chi connectivity index (χ1) is 10.4. The fraction of sp³-hybridized carbons (Fsp3) is 1.00. The smallest absolute Gasteiger partial charge is 0.0477 e. The summed E-state index contributed by atoms with van der Waals surface area (Å²) in [6.07, 6.45) is 6.79. The highest BCUT2D eigenvalue weighted by atomic mass is 16.5. The van der Waals surface area contributed by atoms with Crippen LogP contribution in [-0.2, 0) is 4.74 Å². The van der Waals surface area contributed by atoms with Crippen molar-refractivity contribution in [1.29, 1.82) is 0 Å². The minimum atomic E-state index is 0.840. The van der Waals surface area contributed by atoms with Gasteiger partial charge in [-0.15, -0.1) is 0 Å². The fourth-order valence-corrected chi connectivity index (χ4v) is 3.53. The monoisotopic (exact) mass is 297 g/mol. The van der Waals surface area contributed by atoms with Crippen LogP contribution in [0.5, 0.6) is 0 Å². The Morgan fingerprint density at radius 2 is 1.76 bits per heavy atom. The van der Waals surface area contributed by atoms with Gasteiger partial charge in [0.2, 0.25) is 0 Å². The lowest BCUT2D eigenvalue weighted by Gasteiger charge is -2.33. The van der Waals surface area contributed by atoms with Gasteiger partial charge in [-0.2, -0.15) is 0 Å². The van der Waals surface area contributed by atoms with Crippen LogP contribution in [0.3, 0.4) is 0 Å². The third-order valence-corrected chi connectivity index (χ3v) is 4.87. The van der Waals surface area contributed by atoms with Crippen molar-refractivity contribution < 1.29 is 4.74 Å². The zero-order valence-corrected chi connectivity index (χ0v) is 14.0. The SMILES string of the molecule is CCOCCCNCCN1CCC(CN2CCCC2)CC1. The van der Waals surface area contributed by atoms with Crippen LogP contribution in [-0.4, -0.2) is 75.4 Å². The molecule has 1 N–H and O–H groups in total. The van der Waals surface area contributed by atoms with Gasteiger partial charge in [0.15, 0.2) is 0 Å². The molecule has 0 atom stereocenters. The predicted octanol–water partition coefficient (Wildman–Crippen LogP) is 1.81. The summed E-state index contributed by atoms with van der Waals surface area (Å²) in [7, 11) is 0. The molecule has 0 bridgehead atoms. The second-order valence-electron chi connectivity index (χ2n) is 6.59. The van der Waals surface area contributed by atoms with Gasteiger partial charge < -0.3 is 19.9 Å². The Bertz CT molecular complexity index is 248. The van der Waals surface area contributed by atoms with Crippen molar-refractivity contribution in [3.63, 3.8) is 0 Å². The van der Waals surface area contributed by atoms with E-state index in [0.29, 0.717) is 0 Å². The number of hydrogen-bond donors (Lipinski definition) is 1. The first-order valence-corrected chi connectivity index (χ1v) is 9.11. The maximum atomic E-state index is 5.34. The summed E-state index contributed by atoms with van der Waals surface area (Å²) in [4.78, 5) is 5.32. The minimum absolute atomic E-state index is 0.840. The molecule has 2 aliphatic rings. The van der Waals surface area contributed by atoms with Crippen molar-refractivity contribution in [3.05, 3.63) is 0 Å².